The molecule has 1 amide bonds. The van der Waals surface area contributed by atoms with Gasteiger partial charge in [-0.2, -0.15) is 0 Å². The van der Waals surface area contributed by atoms with Crippen LogP contribution in [0.4, 0.5) is 5.69 Å². The lowest BCUT2D eigenvalue weighted by Gasteiger charge is -2.13. The Kier molecular flexibility index (Phi) is 4.03. The van der Waals surface area contributed by atoms with E-state index in [1.54, 1.807) is 18.3 Å². The highest BCUT2D eigenvalue weighted by Gasteiger charge is 2.11. The molecule has 1 aromatic carbocycles. The molecule has 2 rings (SSSR count). The number of amides is 1. The van der Waals surface area contributed by atoms with Crippen LogP contribution < -0.4 is 10.1 Å². The number of nitrogens with zero attached hydrogens (tertiary/aromatic N) is 1. The first-order valence-corrected chi connectivity index (χ1v) is 6.40. The summed E-state index contributed by atoms with van der Waals surface area (Å²) in [5.41, 5.74) is 4.67. The number of hydrogen-bond acceptors (Lipinski definition) is 3. The highest BCUT2D eigenvalue weighted by atomic mass is 16.5. The number of aromatic nitrogens is 1. The first-order chi connectivity index (χ1) is 9.51. The Labute approximate surface area is 118 Å². The Bertz CT molecular complexity index is 628. The molecule has 1 aromatic heterocycles. The zero-order valence-electron chi connectivity index (χ0n) is 12.2. The van der Waals surface area contributed by atoms with Crippen LogP contribution in [0.1, 0.15) is 27.0 Å². The van der Waals surface area contributed by atoms with Crippen molar-refractivity contribution in [3.05, 3.63) is 52.7 Å². The maximum absolute atomic E-state index is 12.3. The van der Waals surface area contributed by atoms with Gasteiger partial charge < -0.3 is 10.1 Å². The Morgan fingerprint density at radius 1 is 1.15 bits per heavy atom. The summed E-state index contributed by atoms with van der Waals surface area (Å²) in [5.74, 6) is 0.260. The van der Waals surface area contributed by atoms with Crippen molar-refractivity contribution in [3.63, 3.8) is 0 Å². The molecule has 0 aliphatic heterocycles. The topological polar surface area (TPSA) is 51.2 Å². The van der Waals surface area contributed by atoms with Crippen LogP contribution in [0.15, 0.2) is 30.5 Å². The molecule has 4 nitrogen and oxygen atoms in total. The van der Waals surface area contributed by atoms with E-state index < -0.39 is 0 Å². The molecule has 0 saturated heterocycles. The average molecular weight is 270 g/mol. The first kappa shape index (κ1) is 14.1. The molecule has 2 aromatic rings. The Morgan fingerprint density at radius 3 is 2.40 bits per heavy atom. The molecule has 0 fully saturated rings. The number of ether oxygens (including phenoxy) is 1. The van der Waals surface area contributed by atoms with Crippen molar-refractivity contribution >= 4 is 11.6 Å². The van der Waals surface area contributed by atoms with Gasteiger partial charge in [0.2, 0.25) is 5.88 Å². The molecule has 0 spiro atoms. The summed E-state index contributed by atoms with van der Waals surface area (Å²) in [7, 11) is 1.53. The van der Waals surface area contributed by atoms with Crippen molar-refractivity contribution < 1.29 is 9.53 Å². The van der Waals surface area contributed by atoms with Crippen LogP contribution in [-0.2, 0) is 0 Å². The van der Waals surface area contributed by atoms with Crippen molar-refractivity contribution in [3.8, 4) is 5.88 Å². The molecule has 104 valence electrons. The van der Waals surface area contributed by atoms with Gasteiger partial charge >= 0.3 is 0 Å². The van der Waals surface area contributed by atoms with E-state index in [4.69, 9.17) is 4.74 Å². The molecule has 0 radical (unpaired) electrons. The summed E-state index contributed by atoms with van der Waals surface area (Å²) in [5, 5.41) is 2.95. The maximum atomic E-state index is 12.3. The predicted molar refractivity (Wildman–Crippen MR) is 79.4 cm³/mol. The fraction of sp³-hybridized carbons (Fsp3) is 0.250. The second kappa shape index (κ2) is 5.74. The Morgan fingerprint density at radius 2 is 1.80 bits per heavy atom. The van der Waals surface area contributed by atoms with Gasteiger partial charge in [-0.15, -0.1) is 0 Å². The third kappa shape index (κ3) is 2.96. The highest BCUT2D eigenvalue weighted by molar-refractivity contribution is 6.05. The number of carbonyl (C=O) groups excluding carboxylic acids is 1. The average Bonchev–Trinajstić information content (AvgIpc) is 2.42. The van der Waals surface area contributed by atoms with Gasteiger partial charge in [0.15, 0.2) is 0 Å². The van der Waals surface area contributed by atoms with Crippen LogP contribution in [0.2, 0.25) is 0 Å². The smallest absolute Gasteiger partial charge is 0.255 e. The minimum Gasteiger partial charge on any atom is -0.481 e. The summed E-state index contributed by atoms with van der Waals surface area (Å²) < 4.78 is 5.03. The van der Waals surface area contributed by atoms with E-state index in [1.165, 1.54) is 12.7 Å². The number of pyridine rings is 1. The number of hydrogen-bond donors (Lipinski definition) is 1. The monoisotopic (exact) mass is 270 g/mol. The molecular weight excluding hydrogens is 252 g/mol. The molecule has 20 heavy (non-hydrogen) atoms. The molecule has 1 N–H and O–H groups in total. The minimum atomic E-state index is -0.166. The van der Waals surface area contributed by atoms with Gasteiger partial charge in [0, 0.05) is 23.5 Å². The van der Waals surface area contributed by atoms with E-state index >= 15 is 0 Å². The Hall–Kier alpha value is -2.36. The lowest BCUT2D eigenvalue weighted by molar-refractivity contribution is 0.102. The lowest BCUT2D eigenvalue weighted by Crippen LogP contribution is -2.14. The number of rotatable bonds is 3. The quantitative estimate of drug-likeness (QED) is 0.931. The molecule has 0 aliphatic rings. The number of aryl methyl sites for hydroxylation is 3. The van der Waals surface area contributed by atoms with E-state index in [2.05, 4.69) is 22.4 Å². The molecule has 0 bridgehead atoms. The summed E-state index contributed by atoms with van der Waals surface area (Å²) in [6.45, 7) is 6.02. The maximum Gasteiger partial charge on any atom is 0.255 e. The van der Waals surface area contributed by atoms with Gasteiger partial charge in [-0.3, -0.25) is 4.79 Å². The van der Waals surface area contributed by atoms with Gasteiger partial charge in [0.1, 0.15) is 0 Å². The largest absolute Gasteiger partial charge is 0.481 e. The fourth-order valence-electron chi connectivity index (χ4n) is 2.23. The molecule has 0 aliphatic carbocycles. The molecule has 0 atom stereocenters. The van der Waals surface area contributed by atoms with Gasteiger partial charge in [-0.05, 0) is 38.0 Å². The zero-order valence-corrected chi connectivity index (χ0v) is 12.2. The van der Waals surface area contributed by atoms with E-state index in [0.717, 1.165) is 16.8 Å². The van der Waals surface area contributed by atoms with Crippen molar-refractivity contribution in [1.82, 2.24) is 4.98 Å². The Balaban J connectivity index is 2.28. The van der Waals surface area contributed by atoms with Gasteiger partial charge in [-0.1, -0.05) is 17.7 Å². The predicted octanol–water partition coefficient (Wildman–Crippen LogP) is 3.27. The standard InChI is InChI=1S/C16H18N2O2/c1-10-7-11(2)15(12(3)8-10)18-16(19)13-5-6-17-14(9-13)20-4/h5-9H,1-4H3,(H,18,19). The van der Waals surface area contributed by atoms with Crippen molar-refractivity contribution in [2.24, 2.45) is 0 Å². The zero-order chi connectivity index (χ0) is 14.7. The number of carbonyl (C=O) groups is 1. The van der Waals surface area contributed by atoms with Crippen molar-refractivity contribution in [1.29, 1.82) is 0 Å². The van der Waals surface area contributed by atoms with E-state index in [9.17, 15) is 4.79 Å². The SMILES string of the molecule is COc1cc(C(=O)Nc2c(C)cc(C)cc2C)ccn1. The summed E-state index contributed by atoms with van der Waals surface area (Å²) in [4.78, 5) is 16.3. The van der Waals surface area contributed by atoms with E-state index in [0.29, 0.717) is 11.4 Å². The molecule has 1 heterocycles. The third-order valence-electron chi connectivity index (χ3n) is 3.12. The molecule has 4 heteroatoms. The minimum absolute atomic E-state index is 0.166. The summed E-state index contributed by atoms with van der Waals surface area (Å²) in [6, 6.07) is 7.39. The summed E-state index contributed by atoms with van der Waals surface area (Å²) in [6.07, 6.45) is 1.56. The highest BCUT2D eigenvalue weighted by Crippen LogP contribution is 2.22. The first-order valence-electron chi connectivity index (χ1n) is 6.40. The van der Waals surface area contributed by atoms with Crippen LogP contribution in [0, 0.1) is 20.8 Å². The van der Waals surface area contributed by atoms with Crippen LogP contribution in [0.25, 0.3) is 0 Å². The summed E-state index contributed by atoms with van der Waals surface area (Å²) >= 11 is 0. The fourth-order valence-corrected chi connectivity index (χ4v) is 2.23. The van der Waals surface area contributed by atoms with Crippen molar-refractivity contribution in [2.75, 3.05) is 12.4 Å². The molecule has 0 unspecified atom stereocenters. The van der Waals surface area contributed by atoms with E-state index in [-0.39, 0.29) is 5.91 Å². The van der Waals surface area contributed by atoms with Gasteiger partial charge in [0.05, 0.1) is 7.11 Å². The molecular formula is C16H18N2O2. The number of nitrogens with one attached hydrogen (secondary N) is 1. The van der Waals surface area contributed by atoms with Gasteiger partial charge in [0.25, 0.3) is 5.91 Å². The number of anilines is 1. The van der Waals surface area contributed by atoms with Crippen LogP contribution in [0.3, 0.4) is 0 Å². The normalized spacial score (nSPS) is 10.2. The van der Waals surface area contributed by atoms with Crippen molar-refractivity contribution in [2.45, 2.75) is 20.8 Å². The third-order valence-corrected chi connectivity index (χ3v) is 3.12. The van der Waals surface area contributed by atoms with Crippen LogP contribution in [-0.4, -0.2) is 18.0 Å². The van der Waals surface area contributed by atoms with Crippen LogP contribution >= 0.6 is 0 Å². The molecule has 0 saturated carbocycles. The lowest BCUT2D eigenvalue weighted by atomic mass is 10.0. The second-order valence-corrected chi connectivity index (χ2v) is 4.81. The second-order valence-electron chi connectivity index (χ2n) is 4.81. The van der Waals surface area contributed by atoms with E-state index in [1.807, 2.05) is 20.8 Å². The van der Waals surface area contributed by atoms with Gasteiger partial charge in [-0.25, -0.2) is 4.98 Å². The van der Waals surface area contributed by atoms with Crippen LogP contribution in [0.5, 0.6) is 5.88 Å². The number of benzene rings is 1. The number of methoxy groups -OCH3 is 1.